The van der Waals surface area contributed by atoms with Gasteiger partial charge in [0.15, 0.2) is 0 Å². The number of amides is 2. The lowest BCUT2D eigenvalue weighted by Gasteiger charge is -2.12. The van der Waals surface area contributed by atoms with E-state index in [4.69, 9.17) is 0 Å². The second kappa shape index (κ2) is 7.65. The first-order valence-corrected chi connectivity index (χ1v) is 6.07. The molecule has 0 N–H and O–H groups in total. The van der Waals surface area contributed by atoms with Crippen LogP contribution in [-0.4, -0.2) is 29.2 Å². The molecule has 7 heteroatoms. The van der Waals surface area contributed by atoms with Crippen LogP contribution in [0, 0.1) is 0 Å². The van der Waals surface area contributed by atoms with Crippen molar-refractivity contribution in [2.75, 3.05) is 6.54 Å². The number of imide groups is 1. The van der Waals surface area contributed by atoms with Crippen LogP contribution in [0.2, 0.25) is 0 Å². The molecule has 0 aromatic heterocycles. The number of hydrogen-bond acceptors (Lipinski definition) is 6. The van der Waals surface area contributed by atoms with Crippen molar-refractivity contribution in [2.45, 2.75) is 32.1 Å². The summed E-state index contributed by atoms with van der Waals surface area (Å²) in [6, 6.07) is 0. The standard InChI is InChI=1S/C11H14N2O4S/c14-9-6-7-10(15)13(9)8-4-2-1-3-5-11(16)17-12-18/h6-7H,1-5,8H2. The Hall–Kier alpha value is -1.63. The van der Waals surface area contributed by atoms with E-state index in [0.717, 1.165) is 19.3 Å². The van der Waals surface area contributed by atoms with Crippen molar-refractivity contribution in [3.63, 3.8) is 0 Å². The van der Waals surface area contributed by atoms with Gasteiger partial charge in [-0.25, -0.2) is 4.79 Å². The van der Waals surface area contributed by atoms with E-state index in [9.17, 15) is 14.4 Å². The highest BCUT2D eigenvalue weighted by Crippen LogP contribution is 2.08. The van der Waals surface area contributed by atoms with E-state index in [1.807, 2.05) is 0 Å². The minimum atomic E-state index is -0.431. The second-order valence-electron chi connectivity index (χ2n) is 3.86. The highest BCUT2D eigenvalue weighted by Gasteiger charge is 2.22. The number of rotatable bonds is 8. The molecule has 0 aromatic rings. The van der Waals surface area contributed by atoms with Crippen molar-refractivity contribution in [3.05, 3.63) is 12.2 Å². The zero-order chi connectivity index (χ0) is 13.4. The highest BCUT2D eigenvalue weighted by molar-refractivity contribution is 7.47. The van der Waals surface area contributed by atoms with Crippen molar-refractivity contribution in [2.24, 2.45) is 4.53 Å². The number of carbonyl (C=O) groups excluding carboxylic acids is 3. The maximum absolute atomic E-state index is 11.2. The lowest BCUT2D eigenvalue weighted by Crippen LogP contribution is -2.30. The fourth-order valence-electron chi connectivity index (χ4n) is 1.63. The molecule has 0 fully saturated rings. The van der Waals surface area contributed by atoms with E-state index in [2.05, 4.69) is 21.8 Å². The predicted octanol–water partition coefficient (Wildman–Crippen LogP) is 1.05. The molecular formula is C11H14N2O4S. The molecule has 1 aliphatic heterocycles. The van der Waals surface area contributed by atoms with Gasteiger partial charge in [-0.3, -0.25) is 14.5 Å². The Morgan fingerprint density at radius 2 is 1.78 bits per heavy atom. The molecule has 0 aliphatic carbocycles. The fourth-order valence-corrected chi connectivity index (χ4v) is 1.71. The van der Waals surface area contributed by atoms with E-state index in [1.54, 1.807) is 0 Å². The molecule has 0 atom stereocenters. The van der Waals surface area contributed by atoms with Crippen LogP contribution in [0.25, 0.3) is 0 Å². The summed E-state index contributed by atoms with van der Waals surface area (Å²) in [7, 11) is 0. The maximum atomic E-state index is 11.2. The van der Waals surface area contributed by atoms with Gasteiger partial charge in [-0.1, -0.05) is 12.8 Å². The summed E-state index contributed by atoms with van der Waals surface area (Å²) >= 11 is 4.14. The van der Waals surface area contributed by atoms with Gasteiger partial charge in [0.05, 0.1) is 12.4 Å². The van der Waals surface area contributed by atoms with E-state index >= 15 is 0 Å². The topological polar surface area (TPSA) is 76.0 Å². The summed E-state index contributed by atoms with van der Waals surface area (Å²) in [6.45, 7) is 0.427. The minimum absolute atomic E-state index is 0.254. The van der Waals surface area contributed by atoms with Gasteiger partial charge in [0.2, 0.25) is 0 Å². The Balaban J connectivity index is 2.02. The smallest absolute Gasteiger partial charge is 0.306 e. The third-order valence-corrected chi connectivity index (χ3v) is 2.63. The monoisotopic (exact) mass is 270 g/mol. The molecule has 6 nitrogen and oxygen atoms in total. The molecule has 0 unspecified atom stereocenters. The first kappa shape index (κ1) is 14.4. The Morgan fingerprint density at radius 3 is 2.39 bits per heavy atom. The normalized spacial score (nSPS) is 14.1. The molecule has 0 saturated carbocycles. The van der Waals surface area contributed by atoms with Crippen LogP contribution in [-0.2, 0) is 31.6 Å². The second-order valence-corrected chi connectivity index (χ2v) is 4.01. The first-order valence-electron chi connectivity index (χ1n) is 5.71. The molecule has 1 heterocycles. The van der Waals surface area contributed by atoms with Gasteiger partial charge in [-0.2, -0.15) is 0 Å². The summed E-state index contributed by atoms with van der Waals surface area (Å²) in [5.74, 6) is -0.939. The van der Waals surface area contributed by atoms with Crippen LogP contribution in [0.4, 0.5) is 0 Å². The Morgan fingerprint density at radius 1 is 1.17 bits per heavy atom. The summed E-state index contributed by atoms with van der Waals surface area (Å²) in [5, 5.41) is 0. The van der Waals surface area contributed by atoms with E-state index < -0.39 is 5.97 Å². The van der Waals surface area contributed by atoms with Crippen LogP contribution in [0.15, 0.2) is 16.7 Å². The molecule has 18 heavy (non-hydrogen) atoms. The van der Waals surface area contributed by atoms with E-state index in [-0.39, 0.29) is 18.2 Å². The molecule has 98 valence electrons. The summed E-state index contributed by atoms with van der Waals surface area (Å²) in [4.78, 5) is 38.8. The summed E-state index contributed by atoms with van der Waals surface area (Å²) < 4.78 is 2.86. The van der Waals surface area contributed by atoms with Crippen LogP contribution in [0.1, 0.15) is 32.1 Å². The van der Waals surface area contributed by atoms with Crippen LogP contribution >= 0.6 is 0 Å². The van der Waals surface area contributed by atoms with Gasteiger partial charge >= 0.3 is 5.97 Å². The lowest BCUT2D eigenvalue weighted by atomic mass is 10.1. The average Bonchev–Trinajstić information content (AvgIpc) is 2.65. The molecule has 1 rings (SSSR count). The number of nitrogens with zero attached hydrogens (tertiary/aromatic N) is 2. The van der Waals surface area contributed by atoms with Gasteiger partial charge in [0.1, 0.15) is 0 Å². The third-order valence-electron chi connectivity index (χ3n) is 2.55. The van der Waals surface area contributed by atoms with Gasteiger partial charge in [0.25, 0.3) is 11.8 Å². The Bertz CT molecular complexity index is 363. The Kier molecular flexibility index (Phi) is 6.13. The van der Waals surface area contributed by atoms with Crippen molar-refractivity contribution >= 4 is 30.2 Å². The van der Waals surface area contributed by atoms with Gasteiger partial charge in [0, 0.05) is 25.1 Å². The average molecular weight is 270 g/mol. The number of unbranched alkanes of at least 4 members (excludes halogenated alkanes) is 3. The first-order chi connectivity index (χ1) is 8.65. The molecule has 2 amide bonds. The van der Waals surface area contributed by atoms with Crippen molar-refractivity contribution in [1.82, 2.24) is 4.90 Å². The van der Waals surface area contributed by atoms with Crippen LogP contribution < -0.4 is 0 Å². The summed E-state index contributed by atoms with van der Waals surface area (Å²) in [5.41, 5.74) is 0. The van der Waals surface area contributed by atoms with Gasteiger partial charge in [-0.05, 0) is 17.4 Å². The van der Waals surface area contributed by atoms with Crippen LogP contribution in [0.3, 0.4) is 0 Å². The van der Waals surface area contributed by atoms with Crippen LogP contribution in [0.5, 0.6) is 0 Å². The maximum Gasteiger partial charge on any atom is 0.336 e. The van der Waals surface area contributed by atoms with Crippen molar-refractivity contribution in [3.8, 4) is 0 Å². The molecule has 0 radical (unpaired) electrons. The minimum Gasteiger partial charge on any atom is -0.306 e. The highest BCUT2D eigenvalue weighted by atomic mass is 32.1. The predicted molar refractivity (Wildman–Crippen MR) is 64.8 cm³/mol. The zero-order valence-corrected chi connectivity index (χ0v) is 10.6. The molecule has 0 bridgehead atoms. The third kappa shape index (κ3) is 4.70. The van der Waals surface area contributed by atoms with Crippen molar-refractivity contribution < 1.29 is 19.2 Å². The van der Waals surface area contributed by atoms with E-state index in [1.165, 1.54) is 17.1 Å². The Labute approximate surface area is 110 Å². The summed E-state index contributed by atoms with van der Waals surface area (Å²) in [6.07, 6.45) is 5.92. The van der Waals surface area contributed by atoms with Gasteiger partial charge in [-0.15, -0.1) is 0 Å². The fraction of sp³-hybridized carbons (Fsp3) is 0.545. The molecule has 0 aromatic carbocycles. The van der Waals surface area contributed by atoms with Gasteiger partial charge < -0.3 is 4.84 Å². The van der Waals surface area contributed by atoms with Crippen molar-refractivity contribution in [1.29, 1.82) is 0 Å². The quantitative estimate of drug-likeness (QED) is 0.374. The zero-order valence-electron chi connectivity index (χ0n) is 9.83. The lowest BCUT2D eigenvalue weighted by molar-refractivity contribution is -0.143. The molecular weight excluding hydrogens is 256 g/mol. The molecule has 0 saturated heterocycles. The number of hydrogen-bond donors (Lipinski definition) is 0. The molecule has 0 spiro atoms. The SMILES string of the molecule is O=C(CCCCCCN1C(=O)C=CC1=O)ON=S. The molecule has 1 aliphatic rings. The largest absolute Gasteiger partial charge is 0.336 e. The van der Waals surface area contributed by atoms with E-state index in [0.29, 0.717) is 13.0 Å². The number of carbonyl (C=O) groups is 3.